The molecule has 1 aromatic rings. The number of methoxy groups -OCH3 is 1. The number of nitrogens with one attached hydrogen (secondary N) is 1. The number of carboxylic acids is 1. The topological polar surface area (TPSA) is 106 Å². The molecule has 1 saturated carbocycles. The first-order valence-electron chi connectivity index (χ1n) is 5.16. The van der Waals surface area contributed by atoms with E-state index in [2.05, 4.69) is 9.71 Å². The number of carbonyl (C=O) groups is 1. The van der Waals surface area contributed by atoms with Gasteiger partial charge in [-0.15, -0.1) is 11.3 Å². The van der Waals surface area contributed by atoms with Crippen molar-refractivity contribution in [2.24, 2.45) is 0 Å². The number of thiazole rings is 1. The molecule has 2 rings (SSSR count). The van der Waals surface area contributed by atoms with E-state index in [1.165, 1.54) is 12.5 Å². The van der Waals surface area contributed by atoms with Gasteiger partial charge in [0, 0.05) is 12.5 Å². The number of aliphatic carboxylic acids is 1. The first-order valence-corrected chi connectivity index (χ1v) is 7.59. The quantitative estimate of drug-likeness (QED) is 0.804. The zero-order valence-corrected chi connectivity index (χ0v) is 11.1. The lowest BCUT2D eigenvalue weighted by atomic mass is 10.3. The van der Waals surface area contributed by atoms with Gasteiger partial charge in [0.15, 0.2) is 11.2 Å². The lowest BCUT2D eigenvalue weighted by Crippen LogP contribution is -2.18. The van der Waals surface area contributed by atoms with E-state index < -0.39 is 22.1 Å². The fourth-order valence-corrected chi connectivity index (χ4v) is 3.70. The van der Waals surface area contributed by atoms with Crippen LogP contribution in [0.5, 0.6) is 0 Å². The van der Waals surface area contributed by atoms with Crippen LogP contribution in [-0.4, -0.2) is 36.8 Å². The van der Waals surface area contributed by atoms with Crippen molar-refractivity contribution in [3.63, 3.8) is 0 Å². The van der Waals surface area contributed by atoms with Crippen molar-refractivity contribution in [1.29, 1.82) is 0 Å². The lowest BCUT2D eigenvalue weighted by Gasteiger charge is -2.06. The number of hydrogen-bond acceptors (Lipinski definition) is 6. The van der Waals surface area contributed by atoms with Crippen LogP contribution in [0.4, 0.5) is 5.13 Å². The Labute approximate surface area is 108 Å². The molecule has 1 unspecified atom stereocenters. The number of anilines is 1. The van der Waals surface area contributed by atoms with Gasteiger partial charge >= 0.3 is 5.97 Å². The van der Waals surface area contributed by atoms with Crippen LogP contribution < -0.4 is 4.72 Å². The molecule has 100 valence electrons. The largest absolute Gasteiger partial charge is 0.479 e. The van der Waals surface area contributed by atoms with Crippen LogP contribution in [0.3, 0.4) is 0 Å². The molecule has 0 amide bonds. The van der Waals surface area contributed by atoms with Gasteiger partial charge in [-0.05, 0) is 12.8 Å². The maximum atomic E-state index is 11.7. The summed E-state index contributed by atoms with van der Waals surface area (Å²) in [6.07, 6.45) is 0.132. The summed E-state index contributed by atoms with van der Waals surface area (Å²) < 4.78 is 30.4. The molecule has 0 radical (unpaired) electrons. The molecular weight excluding hydrogens is 280 g/mol. The van der Waals surface area contributed by atoms with E-state index in [-0.39, 0.29) is 16.1 Å². The van der Waals surface area contributed by atoms with Crippen molar-refractivity contribution in [3.05, 3.63) is 11.1 Å². The third kappa shape index (κ3) is 2.79. The van der Waals surface area contributed by atoms with E-state index in [4.69, 9.17) is 9.84 Å². The molecule has 0 aromatic carbocycles. The number of rotatable bonds is 6. The molecule has 1 aliphatic carbocycles. The number of carboxylic acid groups (broad SMARTS) is 1. The van der Waals surface area contributed by atoms with Crippen molar-refractivity contribution in [1.82, 2.24) is 4.98 Å². The van der Waals surface area contributed by atoms with E-state index >= 15 is 0 Å². The molecule has 1 fully saturated rings. The Bertz CT molecular complexity index is 549. The van der Waals surface area contributed by atoms with Gasteiger partial charge in [0.2, 0.25) is 10.0 Å². The van der Waals surface area contributed by atoms with Crippen molar-refractivity contribution < 1.29 is 23.1 Å². The fourth-order valence-electron chi connectivity index (χ4n) is 1.38. The standard InChI is InChI=1S/C9H12N2O5S2/c1-16-7(8(12)13)6-4-17-9(10-6)11-18(14,15)5-2-3-5/h4-5,7H,2-3H2,1H3,(H,10,11)(H,12,13). The highest BCUT2D eigenvalue weighted by atomic mass is 32.2. The van der Waals surface area contributed by atoms with Gasteiger partial charge in [-0.2, -0.15) is 0 Å². The van der Waals surface area contributed by atoms with Crippen LogP contribution in [0, 0.1) is 0 Å². The van der Waals surface area contributed by atoms with E-state index in [9.17, 15) is 13.2 Å². The first-order chi connectivity index (χ1) is 8.44. The number of hydrogen-bond donors (Lipinski definition) is 2. The van der Waals surface area contributed by atoms with Crippen molar-refractivity contribution >= 4 is 32.5 Å². The van der Waals surface area contributed by atoms with Crippen molar-refractivity contribution in [3.8, 4) is 0 Å². The maximum absolute atomic E-state index is 11.7. The highest BCUT2D eigenvalue weighted by Crippen LogP contribution is 2.31. The minimum Gasteiger partial charge on any atom is -0.479 e. The number of sulfonamides is 1. The molecule has 2 N–H and O–H groups in total. The summed E-state index contributed by atoms with van der Waals surface area (Å²) in [5.41, 5.74) is 0.184. The molecule has 1 aliphatic rings. The van der Waals surface area contributed by atoms with E-state index in [0.29, 0.717) is 12.8 Å². The third-order valence-corrected chi connectivity index (χ3v) is 5.18. The second-order valence-corrected chi connectivity index (χ2v) is 6.70. The summed E-state index contributed by atoms with van der Waals surface area (Å²) in [6, 6.07) is 0. The van der Waals surface area contributed by atoms with Gasteiger partial charge in [0.05, 0.1) is 10.9 Å². The molecule has 7 nitrogen and oxygen atoms in total. The van der Waals surface area contributed by atoms with Gasteiger partial charge in [-0.3, -0.25) is 4.72 Å². The average Bonchev–Trinajstić information content (AvgIpc) is 3.04. The van der Waals surface area contributed by atoms with Gasteiger partial charge in [-0.25, -0.2) is 18.2 Å². The number of aromatic nitrogens is 1. The van der Waals surface area contributed by atoms with Crippen molar-refractivity contribution in [2.75, 3.05) is 11.8 Å². The normalized spacial score (nSPS) is 17.4. The average molecular weight is 292 g/mol. The van der Waals surface area contributed by atoms with Gasteiger partial charge in [0.25, 0.3) is 0 Å². The van der Waals surface area contributed by atoms with E-state index in [1.807, 2.05) is 0 Å². The molecule has 1 atom stereocenters. The minimum atomic E-state index is -3.37. The predicted octanol–water partition coefficient (Wildman–Crippen LogP) is 0.819. The molecule has 9 heteroatoms. The van der Waals surface area contributed by atoms with Crippen molar-refractivity contribution in [2.45, 2.75) is 24.2 Å². The minimum absolute atomic E-state index is 0.167. The predicted molar refractivity (Wildman–Crippen MR) is 65.1 cm³/mol. The maximum Gasteiger partial charge on any atom is 0.339 e. The highest BCUT2D eigenvalue weighted by molar-refractivity contribution is 7.93. The summed E-state index contributed by atoms with van der Waals surface area (Å²) >= 11 is 1.04. The summed E-state index contributed by atoms with van der Waals surface area (Å²) in [5.74, 6) is -1.17. The Kier molecular flexibility index (Phi) is 3.55. The van der Waals surface area contributed by atoms with Crippen LogP contribution in [-0.2, 0) is 19.6 Å². The fraction of sp³-hybridized carbons (Fsp3) is 0.556. The molecular formula is C9H12N2O5S2. The molecule has 18 heavy (non-hydrogen) atoms. The van der Waals surface area contributed by atoms with Gasteiger partial charge in [-0.1, -0.05) is 0 Å². The summed E-state index contributed by atoms with van der Waals surface area (Å²) in [7, 11) is -2.11. The number of nitrogens with zero attached hydrogens (tertiary/aromatic N) is 1. The first kappa shape index (κ1) is 13.2. The smallest absolute Gasteiger partial charge is 0.339 e. The Morgan fingerprint density at radius 2 is 2.33 bits per heavy atom. The second kappa shape index (κ2) is 4.82. The molecule has 1 heterocycles. The van der Waals surface area contributed by atoms with Crippen LogP contribution >= 0.6 is 11.3 Å². The summed E-state index contributed by atoms with van der Waals surface area (Å²) in [5, 5.41) is 10.2. The Morgan fingerprint density at radius 3 is 2.83 bits per heavy atom. The second-order valence-electron chi connectivity index (χ2n) is 3.88. The zero-order chi connectivity index (χ0) is 13.3. The summed E-state index contributed by atoms with van der Waals surface area (Å²) in [6.45, 7) is 0. The Hall–Kier alpha value is -1.19. The molecule has 0 saturated heterocycles. The van der Waals surface area contributed by atoms with Gasteiger partial charge < -0.3 is 9.84 Å². The molecule has 0 aliphatic heterocycles. The Balaban J connectivity index is 2.12. The SMILES string of the molecule is COC(C(=O)O)c1csc(NS(=O)(=O)C2CC2)n1. The summed E-state index contributed by atoms with van der Waals surface area (Å²) in [4.78, 5) is 14.8. The monoisotopic (exact) mass is 292 g/mol. The molecule has 1 aromatic heterocycles. The van der Waals surface area contributed by atoms with Crippen LogP contribution in [0.1, 0.15) is 24.6 Å². The number of ether oxygens (including phenoxy) is 1. The third-order valence-electron chi connectivity index (χ3n) is 2.44. The van der Waals surface area contributed by atoms with Crippen LogP contribution in [0.15, 0.2) is 5.38 Å². The highest BCUT2D eigenvalue weighted by Gasteiger charge is 2.36. The van der Waals surface area contributed by atoms with Crippen LogP contribution in [0.25, 0.3) is 0 Å². The van der Waals surface area contributed by atoms with E-state index in [1.54, 1.807) is 0 Å². The Morgan fingerprint density at radius 1 is 1.67 bits per heavy atom. The zero-order valence-electron chi connectivity index (χ0n) is 9.49. The molecule has 0 bridgehead atoms. The van der Waals surface area contributed by atoms with Gasteiger partial charge in [0.1, 0.15) is 0 Å². The van der Waals surface area contributed by atoms with Crippen LogP contribution in [0.2, 0.25) is 0 Å². The van der Waals surface area contributed by atoms with E-state index in [0.717, 1.165) is 11.3 Å². The lowest BCUT2D eigenvalue weighted by molar-refractivity contribution is -0.149. The molecule has 0 spiro atoms.